The fraction of sp³-hybridized carbons (Fsp3) is 0.154. The molecule has 4 nitrogen and oxygen atoms in total. The molecule has 0 amide bonds. The molecule has 0 saturated heterocycles. The van der Waals surface area contributed by atoms with Crippen LogP contribution in [0.4, 0.5) is 0 Å². The van der Waals surface area contributed by atoms with Crippen molar-refractivity contribution >= 4 is 6.08 Å². The Labute approximate surface area is 99.6 Å². The monoisotopic (exact) mass is 230 g/mol. The molecule has 0 unspecified atom stereocenters. The largest absolute Gasteiger partial charge is 0.512 e. The highest BCUT2D eigenvalue weighted by Crippen LogP contribution is 2.08. The van der Waals surface area contributed by atoms with Gasteiger partial charge in [-0.15, -0.1) is 0 Å². The Bertz CT molecular complexity index is 507. The SMILES string of the molecule is Cc1cc(/C=C/NC2=CC=C(O)CC=C2)on1. The zero-order valence-electron chi connectivity index (χ0n) is 9.55. The van der Waals surface area contributed by atoms with E-state index < -0.39 is 0 Å². The molecule has 4 heteroatoms. The molecule has 1 aromatic heterocycles. The Hall–Kier alpha value is -2.23. The second-order valence-electron chi connectivity index (χ2n) is 3.73. The van der Waals surface area contributed by atoms with Crippen LogP contribution in [0.15, 0.2) is 52.5 Å². The number of hydrogen-bond acceptors (Lipinski definition) is 4. The molecule has 1 aliphatic carbocycles. The number of nitrogens with one attached hydrogen (secondary N) is 1. The maximum Gasteiger partial charge on any atom is 0.161 e. The Morgan fingerprint density at radius 3 is 3.12 bits per heavy atom. The summed E-state index contributed by atoms with van der Waals surface area (Å²) in [5.41, 5.74) is 1.76. The zero-order chi connectivity index (χ0) is 12.1. The van der Waals surface area contributed by atoms with E-state index in [1.807, 2.05) is 31.2 Å². The first kappa shape index (κ1) is 11.3. The van der Waals surface area contributed by atoms with E-state index in [0.29, 0.717) is 17.9 Å². The van der Waals surface area contributed by atoms with E-state index in [-0.39, 0.29) is 0 Å². The Kier molecular flexibility index (Phi) is 3.45. The molecule has 1 aliphatic rings. The first-order valence-electron chi connectivity index (χ1n) is 5.37. The van der Waals surface area contributed by atoms with Crippen molar-refractivity contribution in [3.8, 4) is 0 Å². The Morgan fingerprint density at radius 2 is 2.35 bits per heavy atom. The van der Waals surface area contributed by atoms with Gasteiger partial charge in [0.05, 0.1) is 11.5 Å². The average Bonchev–Trinajstić information content (AvgIpc) is 2.59. The zero-order valence-corrected chi connectivity index (χ0v) is 9.55. The fourth-order valence-electron chi connectivity index (χ4n) is 1.39. The van der Waals surface area contributed by atoms with Gasteiger partial charge < -0.3 is 14.9 Å². The molecular formula is C13H14N2O2. The molecule has 17 heavy (non-hydrogen) atoms. The molecule has 0 saturated carbocycles. The van der Waals surface area contributed by atoms with E-state index in [1.165, 1.54) is 0 Å². The van der Waals surface area contributed by atoms with Crippen molar-refractivity contribution in [1.29, 1.82) is 0 Å². The molecule has 0 spiro atoms. The number of nitrogens with zero attached hydrogens (tertiary/aromatic N) is 1. The van der Waals surface area contributed by atoms with Crippen LogP contribution in [0.5, 0.6) is 0 Å². The van der Waals surface area contributed by atoms with Crippen LogP contribution in [0.3, 0.4) is 0 Å². The summed E-state index contributed by atoms with van der Waals surface area (Å²) >= 11 is 0. The number of hydrogen-bond donors (Lipinski definition) is 2. The maximum absolute atomic E-state index is 9.31. The van der Waals surface area contributed by atoms with E-state index in [1.54, 1.807) is 18.4 Å². The second kappa shape index (κ2) is 5.21. The molecular weight excluding hydrogens is 216 g/mol. The predicted octanol–water partition coefficient (Wildman–Crippen LogP) is 2.83. The van der Waals surface area contributed by atoms with Gasteiger partial charge >= 0.3 is 0 Å². The van der Waals surface area contributed by atoms with Crippen LogP contribution in [-0.2, 0) is 0 Å². The number of aliphatic hydroxyl groups is 1. The summed E-state index contributed by atoms with van der Waals surface area (Å²) in [5.74, 6) is 1.06. The molecule has 0 atom stereocenters. The lowest BCUT2D eigenvalue weighted by Gasteiger charge is -1.97. The number of allylic oxidation sites excluding steroid dienone is 4. The van der Waals surface area contributed by atoms with Gasteiger partial charge in [0.25, 0.3) is 0 Å². The first-order valence-corrected chi connectivity index (χ1v) is 5.37. The molecule has 0 radical (unpaired) electrons. The minimum absolute atomic E-state index is 0.355. The molecule has 0 aliphatic heterocycles. The third-order valence-electron chi connectivity index (χ3n) is 2.22. The first-order chi connectivity index (χ1) is 8.24. The van der Waals surface area contributed by atoms with Crippen LogP contribution in [0.1, 0.15) is 17.9 Å². The highest BCUT2D eigenvalue weighted by Gasteiger charge is 1.96. The summed E-state index contributed by atoms with van der Waals surface area (Å²) in [4.78, 5) is 0. The molecule has 2 rings (SSSR count). The summed E-state index contributed by atoms with van der Waals surface area (Å²) in [6.07, 6.45) is 11.4. The van der Waals surface area contributed by atoms with E-state index in [0.717, 1.165) is 11.4 Å². The van der Waals surface area contributed by atoms with Crippen molar-refractivity contribution < 1.29 is 9.63 Å². The van der Waals surface area contributed by atoms with Gasteiger partial charge in [0.1, 0.15) is 0 Å². The van der Waals surface area contributed by atoms with Gasteiger partial charge in [0, 0.05) is 24.4 Å². The molecule has 1 heterocycles. The van der Waals surface area contributed by atoms with Gasteiger partial charge in [-0.1, -0.05) is 11.2 Å². The second-order valence-corrected chi connectivity index (χ2v) is 3.73. The fourth-order valence-corrected chi connectivity index (χ4v) is 1.39. The van der Waals surface area contributed by atoms with Crippen LogP contribution in [-0.4, -0.2) is 10.3 Å². The van der Waals surface area contributed by atoms with Gasteiger partial charge in [-0.3, -0.25) is 0 Å². The van der Waals surface area contributed by atoms with Crippen molar-refractivity contribution in [1.82, 2.24) is 10.5 Å². The molecule has 88 valence electrons. The van der Waals surface area contributed by atoms with E-state index >= 15 is 0 Å². The lowest BCUT2D eigenvalue weighted by molar-refractivity contribution is 0.402. The third-order valence-corrected chi connectivity index (χ3v) is 2.22. The standard InChI is InChI=1S/C13H14N2O2/c1-10-9-13(17-15-10)7-8-14-11-3-2-4-12(16)6-5-11/h2-3,5-9,14,16H,4H2,1H3/b8-7+. The third kappa shape index (κ3) is 3.38. The van der Waals surface area contributed by atoms with Crippen LogP contribution in [0.2, 0.25) is 0 Å². The number of aryl methyl sites for hydroxylation is 1. The molecule has 1 aromatic rings. The summed E-state index contributed by atoms with van der Waals surface area (Å²) < 4.78 is 5.03. The minimum Gasteiger partial charge on any atom is -0.512 e. The van der Waals surface area contributed by atoms with E-state index in [4.69, 9.17) is 4.52 Å². The van der Waals surface area contributed by atoms with Gasteiger partial charge in [-0.25, -0.2) is 0 Å². The van der Waals surface area contributed by atoms with Gasteiger partial charge in [-0.2, -0.15) is 0 Å². The van der Waals surface area contributed by atoms with Crippen molar-refractivity contribution in [3.05, 3.63) is 59.5 Å². The summed E-state index contributed by atoms with van der Waals surface area (Å²) in [6, 6.07) is 1.85. The molecule has 0 fully saturated rings. The van der Waals surface area contributed by atoms with Crippen LogP contribution < -0.4 is 5.32 Å². The van der Waals surface area contributed by atoms with E-state index in [2.05, 4.69) is 10.5 Å². The van der Waals surface area contributed by atoms with Crippen LogP contribution >= 0.6 is 0 Å². The maximum atomic E-state index is 9.31. The Balaban J connectivity index is 1.96. The highest BCUT2D eigenvalue weighted by atomic mass is 16.5. The number of aliphatic hydroxyl groups excluding tert-OH is 1. The van der Waals surface area contributed by atoms with Gasteiger partial charge in [0.15, 0.2) is 5.76 Å². The van der Waals surface area contributed by atoms with Crippen molar-refractivity contribution in [2.75, 3.05) is 0 Å². The molecule has 0 aromatic carbocycles. The smallest absolute Gasteiger partial charge is 0.161 e. The minimum atomic E-state index is 0.355. The van der Waals surface area contributed by atoms with Crippen molar-refractivity contribution in [2.24, 2.45) is 0 Å². The Morgan fingerprint density at radius 1 is 1.47 bits per heavy atom. The summed E-state index contributed by atoms with van der Waals surface area (Å²) in [7, 11) is 0. The van der Waals surface area contributed by atoms with Crippen LogP contribution in [0, 0.1) is 6.92 Å². The average molecular weight is 230 g/mol. The lowest BCUT2D eigenvalue weighted by atomic mass is 10.3. The van der Waals surface area contributed by atoms with Crippen molar-refractivity contribution in [2.45, 2.75) is 13.3 Å². The van der Waals surface area contributed by atoms with Gasteiger partial charge in [0.2, 0.25) is 0 Å². The van der Waals surface area contributed by atoms with Crippen molar-refractivity contribution in [3.63, 3.8) is 0 Å². The molecule has 0 bridgehead atoms. The van der Waals surface area contributed by atoms with Crippen LogP contribution in [0.25, 0.3) is 6.08 Å². The normalized spacial score (nSPS) is 15.6. The topological polar surface area (TPSA) is 58.3 Å². The van der Waals surface area contributed by atoms with E-state index in [9.17, 15) is 5.11 Å². The lowest BCUT2D eigenvalue weighted by Crippen LogP contribution is -2.00. The summed E-state index contributed by atoms with van der Waals surface area (Å²) in [6.45, 7) is 1.87. The number of rotatable bonds is 3. The van der Waals surface area contributed by atoms with Gasteiger partial charge in [-0.05, 0) is 31.2 Å². The molecule has 2 N–H and O–H groups in total. The summed E-state index contributed by atoms with van der Waals surface area (Å²) in [5, 5.41) is 16.2. The quantitative estimate of drug-likeness (QED) is 0.838. The highest BCUT2D eigenvalue weighted by molar-refractivity contribution is 5.43. The predicted molar refractivity (Wildman–Crippen MR) is 66.0 cm³/mol. The number of aromatic nitrogens is 1.